The fourth-order valence-electron chi connectivity index (χ4n) is 3.69. The topological polar surface area (TPSA) is 75.0 Å². The van der Waals surface area contributed by atoms with Crippen molar-refractivity contribution in [3.8, 4) is 11.8 Å². The van der Waals surface area contributed by atoms with Crippen LogP contribution in [0.1, 0.15) is 55.3 Å². The molecule has 0 unspecified atom stereocenters. The van der Waals surface area contributed by atoms with E-state index in [9.17, 15) is 10.1 Å². The van der Waals surface area contributed by atoms with Crippen molar-refractivity contribution in [3.05, 3.63) is 61.4 Å². The maximum absolute atomic E-state index is 12.9. The van der Waals surface area contributed by atoms with Crippen LogP contribution in [0.4, 0.5) is 5.00 Å². The fraction of sp³-hybridized carbons (Fsp3) is 0.348. The fourth-order valence-corrected chi connectivity index (χ4v) is 5.92. The maximum atomic E-state index is 12.9. The molecule has 0 saturated heterocycles. The van der Waals surface area contributed by atoms with Gasteiger partial charge in [0.1, 0.15) is 33.3 Å². The zero-order valence-electron chi connectivity index (χ0n) is 17.2. The highest BCUT2D eigenvalue weighted by Gasteiger charge is 2.25. The largest absolute Gasteiger partial charge is 0.486 e. The first-order valence-electron chi connectivity index (χ1n) is 9.96. The second-order valence-electron chi connectivity index (χ2n) is 7.75. The number of nitriles is 1. The molecule has 154 valence electrons. The molecule has 2 aromatic heterocycles. The van der Waals surface area contributed by atoms with Crippen LogP contribution in [-0.2, 0) is 19.4 Å². The Hall–Kier alpha value is -2.69. The molecule has 0 radical (unpaired) electrons. The number of amides is 1. The molecule has 5 nitrogen and oxygen atoms in total. The third-order valence-electron chi connectivity index (χ3n) is 5.25. The molecule has 1 atom stereocenters. The number of hydrogen-bond acceptors (Lipinski definition) is 6. The van der Waals surface area contributed by atoms with E-state index in [0.717, 1.165) is 41.1 Å². The summed E-state index contributed by atoms with van der Waals surface area (Å²) in [5.74, 6) is 1.19. The Labute approximate surface area is 184 Å². The summed E-state index contributed by atoms with van der Waals surface area (Å²) < 4.78 is 5.82. The number of aryl methyl sites for hydroxylation is 2. The number of nitrogens with one attached hydrogen (secondary N) is 1. The number of aromatic nitrogens is 1. The van der Waals surface area contributed by atoms with E-state index in [2.05, 4.69) is 23.3 Å². The highest BCUT2D eigenvalue weighted by atomic mass is 32.1. The molecule has 1 amide bonds. The van der Waals surface area contributed by atoms with E-state index in [1.165, 1.54) is 27.6 Å². The second kappa shape index (κ2) is 8.58. The Balaban J connectivity index is 1.49. The van der Waals surface area contributed by atoms with E-state index in [1.807, 2.05) is 38.1 Å². The van der Waals surface area contributed by atoms with Gasteiger partial charge in [0.2, 0.25) is 0 Å². The third-order valence-corrected chi connectivity index (χ3v) is 7.55. The SMILES string of the molecule is Cc1cccc(OCc2nc(C)c(C(=O)Nc3sc4c(c3C#N)CC[C@H](C)C4)s2)c1. The molecule has 1 aliphatic carbocycles. The molecule has 0 bridgehead atoms. The minimum absolute atomic E-state index is 0.213. The minimum atomic E-state index is -0.213. The number of thiophene rings is 1. The lowest BCUT2D eigenvalue weighted by Crippen LogP contribution is -2.12. The first-order chi connectivity index (χ1) is 14.4. The molecule has 0 fully saturated rings. The molecule has 4 rings (SSSR count). The lowest BCUT2D eigenvalue weighted by atomic mass is 9.89. The highest BCUT2D eigenvalue weighted by molar-refractivity contribution is 7.17. The number of carbonyl (C=O) groups is 1. The summed E-state index contributed by atoms with van der Waals surface area (Å²) in [6, 6.07) is 10.1. The van der Waals surface area contributed by atoms with Crippen molar-refractivity contribution in [3.63, 3.8) is 0 Å². The Bertz CT molecular complexity index is 1140. The van der Waals surface area contributed by atoms with E-state index < -0.39 is 0 Å². The van der Waals surface area contributed by atoms with Crippen molar-refractivity contribution >= 4 is 33.6 Å². The number of fused-ring (bicyclic) bond motifs is 1. The van der Waals surface area contributed by atoms with Crippen molar-refractivity contribution in [2.24, 2.45) is 5.92 Å². The summed E-state index contributed by atoms with van der Waals surface area (Å²) in [5, 5.41) is 14.0. The van der Waals surface area contributed by atoms with Crippen LogP contribution in [0.25, 0.3) is 0 Å². The van der Waals surface area contributed by atoms with Gasteiger partial charge in [0.05, 0.1) is 11.3 Å². The Morgan fingerprint density at radius 3 is 2.97 bits per heavy atom. The van der Waals surface area contributed by atoms with E-state index >= 15 is 0 Å². The number of benzene rings is 1. The van der Waals surface area contributed by atoms with Crippen LogP contribution < -0.4 is 10.1 Å². The van der Waals surface area contributed by atoms with Gasteiger partial charge in [0.25, 0.3) is 5.91 Å². The second-order valence-corrected chi connectivity index (χ2v) is 9.94. The number of carbonyl (C=O) groups excluding carboxylic acids is 1. The molecule has 0 saturated carbocycles. The summed E-state index contributed by atoms with van der Waals surface area (Å²) in [4.78, 5) is 19.2. The predicted octanol–water partition coefficient (Wildman–Crippen LogP) is 5.65. The molecule has 1 aromatic carbocycles. The van der Waals surface area contributed by atoms with Gasteiger partial charge < -0.3 is 10.1 Å². The minimum Gasteiger partial charge on any atom is -0.486 e. The number of hydrogen-bond donors (Lipinski definition) is 1. The third kappa shape index (κ3) is 4.25. The maximum Gasteiger partial charge on any atom is 0.268 e. The van der Waals surface area contributed by atoms with E-state index in [0.29, 0.717) is 33.7 Å². The van der Waals surface area contributed by atoms with Crippen molar-refractivity contribution in [2.75, 3.05) is 5.32 Å². The highest BCUT2D eigenvalue weighted by Crippen LogP contribution is 2.39. The van der Waals surface area contributed by atoms with Gasteiger partial charge >= 0.3 is 0 Å². The van der Waals surface area contributed by atoms with Gasteiger partial charge in [-0.2, -0.15) is 5.26 Å². The molecular formula is C23H23N3O2S2. The van der Waals surface area contributed by atoms with Gasteiger partial charge in [-0.05, 0) is 62.3 Å². The average Bonchev–Trinajstić information content (AvgIpc) is 3.25. The van der Waals surface area contributed by atoms with Crippen LogP contribution in [-0.4, -0.2) is 10.9 Å². The van der Waals surface area contributed by atoms with Crippen LogP contribution in [0.15, 0.2) is 24.3 Å². The summed E-state index contributed by atoms with van der Waals surface area (Å²) in [5.41, 5.74) is 3.54. The number of ether oxygens (including phenoxy) is 1. The summed E-state index contributed by atoms with van der Waals surface area (Å²) in [7, 11) is 0. The summed E-state index contributed by atoms with van der Waals surface area (Å²) in [6.07, 6.45) is 2.97. The predicted molar refractivity (Wildman–Crippen MR) is 121 cm³/mol. The Morgan fingerprint density at radius 2 is 2.20 bits per heavy atom. The number of rotatable bonds is 5. The van der Waals surface area contributed by atoms with Gasteiger partial charge in [-0.15, -0.1) is 22.7 Å². The monoisotopic (exact) mass is 437 g/mol. The zero-order chi connectivity index (χ0) is 21.3. The molecule has 0 spiro atoms. The standard InChI is InChI=1S/C23H23N3O2S2/c1-13-5-4-6-16(9-13)28-12-20-25-15(3)21(30-20)22(27)26-23-18(11-24)17-8-7-14(2)10-19(17)29-23/h4-6,9,14H,7-8,10,12H2,1-3H3,(H,26,27)/t14-/m0/s1. The van der Waals surface area contributed by atoms with Crippen LogP contribution in [0.3, 0.4) is 0 Å². The van der Waals surface area contributed by atoms with Crippen LogP contribution in [0.2, 0.25) is 0 Å². The van der Waals surface area contributed by atoms with Gasteiger partial charge in [0.15, 0.2) is 0 Å². The Morgan fingerprint density at radius 1 is 1.37 bits per heavy atom. The van der Waals surface area contributed by atoms with Gasteiger partial charge in [-0.3, -0.25) is 4.79 Å². The van der Waals surface area contributed by atoms with E-state index in [4.69, 9.17) is 4.74 Å². The molecule has 2 heterocycles. The van der Waals surface area contributed by atoms with Crippen LogP contribution in [0, 0.1) is 31.1 Å². The lowest BCUT2D eigenvalue weighted by Gasteiger charge is -2.17. The smallest absolute Gasteiger partial charge is 0.268 e. The van der Waals surface area contributed by atoms with Crippen LogP contribution >= 0.6 is 22.7 Å². The number of anilines is 1. The molecule has 1 aliphatic rings. The number of nitrogens with zero attached hydrogens (tertiary/aromatic N) is 2. The Kier molecular flexibility index (Phi) is 5.89. The first-order valence-corrected chi connectivity index (χ1v) is 11.6. The van der Waals surface area contributed by atoms with Crippen molar-refractivity contribution in [1.29, 1.82) is 5.26 Å². The summed E-state index contributed by atoms with van der Waals surface area (Å²) in [6.45, 7) is 6.39. The normalized spacial score (nSPS) is 15.3. The summed E-state index contributed by atoms with van der Waals surface area (Å²) >= 11 is 2.87. The van der Waals surface area contributed by atoms with Gasteiger partial charge in [-0.1, -0.05) is 19.1 Å². The van der Waals surface area contributed by atoms with Crippen LogP contribution in [0.5, 0.6) is 5.75 Å². The number of thiazole rings is 1. The van der Waals surface area contributed by atoms with Gasteiger partial charge in [-0.25, -0.2) is 4.98 Å². The van der Waals surface area contributed by atoms with Crippen molar-refractivity contribution in [2.45, 2.75) is 46.6 Å². The zero-order valence-corrected chi connectivity index (χ0v) is 18.9. The molecule has 7 heteroatoms. The molecular weight excluding hydrogens is 414 g/mol. The van der Waals surface area contributed by atoms with Gasteiger partial charge in [0, 0.05) is 4.88 Å². The molecule has 0 aliphatic heterocycles. The first kappa shape index (κ1) is 20.6. The molecule has 30 heavy (non-hydrogen) atoms. The average molecular weight is 438 g/mol. The van der Waals surface area contributed by atoms with Crippen molar-refractivity contribution in [1.82, 2.24) is 4.98 Å². The van der Waals surface area contributed by atoms with Crippen molar-refractivity contribution < 1.29 is 9.53 Å². The van der Waals surface area contributed by atoms with E-state index in [1.54, 1.807) is 0 Å². The molecule has 1 N–H and O–H groups in total. The molecule has 3 aromatic rings. The van der Waals surface area contributed by atoms with E-state index in [-0.39, 0.29) is 5.91 Å². The lowest BCUT2D eigenvalue weighted by molar-refractivity contribution is 0.103. The quantitative estimate of drug-likeness (QED) is 0.560.